The van der Waals surface area contributed by atoms with Crippen LogP contribution in [0.2, 0.25) is 0 Å². The van der Waals surface area contributed by atoms with Crippen LogP contribution in [0.4, 0.5) is 14.5 Å². The molecule has 8 nitrogen and oxygen atoms in total. The largest absolute Gasteiger partial charge is 0.390 e. The van der Waals surface area contributed by atoms with E-state index in [0.29, 0.717) is 25.3 Å². The Labute approximate surface area is 246 Å². The Morgan fingerprint density at radius 1 is 1.00 bits per heavy atom. The first-order valence-corrected chi connectivity index (χ1v) is 15.6. The van der Waals surface area contributed by atoms with Gasteiger partial charge in [0, 0.05) is 45.0 Å². The van der Waals surface area contributed by atoms with Gasteiger partial charge in [0.15, 0.2) is 0 Å². The molecule has 3 aromatic carbocycles. The lowest BCUT2D eigenvalue weighted by atomic mass is 10.00. The highest BCUT2D eigenvalue weighted by Gasteiger charge is 2.24. The Morgan fingerprint density at radius 2 is 1.69 bits per heavy atom. The van der Waals surface area contributed by atoms with E-state index in [9.17, 15) is 27.1 Å². The number of sulfonamides is 1. The summed E-state index contributed by atoms with van der Waals surface area (Å²) in [6.45, 7) is 3.17. The van der Waals surface area contributed by atoms with E-state index in [-0.39, 0.29) is 30.6 Å². The first-order valence-electron chi connectivity index (χ1n) is 13.8. The third-order valence-corrected chi connectivity index (χ3v) is 7.94. The van der Waals surface area contributed by atoms with Crippen molar-refractivity contribution in [3.05, 3.63) is 101 Å². The van der Waals surface area contributed by atoms with Gasteiger partial charge in [0.2, 0.25) is 10.0 Å². The van der Waals surface area contributed by atoms with Gasteiger partial charge in [-0.25, -0.2) is 17.2 Å². The summed E-state index contributed by atoms with van der Waals surface area (Å²) < 4.78 is 59.0. The van der Waals surface area contributed by atoms with Crippen LogP contribution in [0.3, 0.4) is 0 Å². The molecule has 0 aliphatic rings. The second-order valence-corrected chi connectivity index (χ2v) is 12.1. The molecule has 3 rings (SSSR count). The van der Waals surface area contributed by atoms with Gasteiger partial charge >= 0.3 is 0 Å². The van der Waals surface area contributed by atoms with Crippen molar-refractivity contribution in [2.24, 2.45) is 0 Å². The minimum atomic E-state index is -3.64. The Morgan fingerprint density at radius 3 is 2.36 bits per heavy atom. The lowest BCUT2D eigenvalue weighted by Crippen LogP contribution is -2.48. The fraction of sp³-hybridized carbons (Fsp3) is 0.387. The van der Waals surface area contributed by atoms with Gasteiger partial charge in [-0.05, 0) is 66.3 Å². The van der Waals surface area contributed by atoms with Crippen LogP contribution in [0.15, 0.2) is 66.7 Å². The number of anilines is 1. The third kappa shape index (κ3) is 10.2. The maximum absolute atomic E-state index is 13.9. The number of aliphatic hydroxyl groups is 1. The van der Waals surface area contributed by atoms with Gasteiger partial charge in [-0.3, -0.25) is 9.10 Å². The maximum Gasteiger partial charge on any atom is 0.251 e. The zero-order chi connectivity index (χ0) is 30.7. The highest BCUT2D eigenvalue weighted by atomic mass is 32.2. The number of ether oxygens (including phenoxy) is 1. The molecular weight excluding hydrogens is 564 g/mol. The molecule has 0 aliphatic carbocycles. The fourth-order valence-corrected chi connectivity index (χ4v) is 5.58. The monoisotopic (exact) mass is 603 g/mol. The molecule has 2 atom stereocenters. The molecule has 0 saturated heterocycles. The number of carbonyl (C=O) groups excluding carboxylic acids is 1. The summed E-state index contributed by atoms with van der Waals surface area (Å²) in [4.78, 5) is 13.4. The number of methoxy groups -OCH3 is 1. The summed E-state index contributed by atoms with van der Waals surface area (Å²) in [6, 6.07) is 16.3. The van der Waals surface area contributed by atoms with Crippen LogP contribution in [0.1, 0.15) is 40.4 Å². The maximum atomic E-state index is 13.9. The molecule has 1 amide bonds. The van der Waals surface area contributed by atoms with E-state index in [1.54, 1.807) is 12.1 Å². The van der Waals surface area contributed by atoms with Crippen LogP contribution in [0.25, 0.3) is 0 Å². The van der Waals surface area contributed by atoms with Crippen molar-refractivity contribution in [3.8, 4) is 0 Å². The number of benzene rings is 3. The standard InChI is InChI=1S/C31H39F2N3O5S/c1-4-22-8-5-9-23(14-22)20-34-21-30(37)29(17-24-15-26(32)19-27(33)16-24)35-31(38)25-10-6-11-28(18-25)36(42(3,39)40)12-7-13-41-2/h5-6,8-11,14-16,18-19,29-30,34,37H,4,7,12-13,17,20-21H2,1-3H3,(H,35,38)/t29-,30-/m0/s1. The number of carbonyl (C=O) groups is 1. The summed E-state index contributed by atoms with van der Waals surface area (Å²) in [5.41, 5.74) is 2.96. The molecule has 0 bridgehead atoms. The van der Waals surface area contributed by atoms with Crippen molar-refractivity contribution in [3.63, 3.8) is 0 Å². The van der Waals surface area contributed by atoms with Gasteiger partial charge in [-0.2, -0.15) is 0 Å². The number of amides is 1. The SMILES string of the molecule is CCc1cccc(CNC[C@H](O)[C@H](Cc2cc(F)cc(F)c2)NC(=O)c2cccc(N(CCCOC)S(C)(=O)=O)c2)c1. The quantitative estimate of drug-likeness (QED) is 0.215. The predicted molar refractivity (Wildman–Crippen MR) is 160 cm³/mol. The van der Waals surface area contributed by atoms with Crippen LogP contribution in [-0.4, -0.2) is 64.6 Å². The number of aliphatic hydroxyl groups excluding tert-OH is 1. The number of hydrogen-bond acceptors (Lipinski definition) is 6. The van der Waals surface area contributed by atoms with Crippen LogP contribution in [0, 0.1) is 11.6 Å². The molecule has 0 fully saturated rings. The molecule has 0 radical (unpaired) electrons. The molecule has 3 aromatic rings. The molecule has 0 aromatic heterocycles. The number of rotatable bonds is 16. The Kier molecular flexibility index (Phi) is 12.4. The normalized spacial score (nSPS) is 13.0. The van der Waals surface area contributed by atoms with E-state index in [1.807, 2.05) is 18.2 Å². The molecule has 0 spiro atoms. The predicted octanol–water partition coefficient (Wildman–Crippen LogP) is 3.82. The fourth-order valence-electron chi connectivity index (χ4n) is 4.63. The van der Waals surface area contributed by atoms with Crippen molar-refractivity contribution in [2.45, 2.75) is 44.9 Å². The summed E-state index contributed by atoms with van der Waals surface area (Å²) in [5.74, 6) is -2.10. The average molecular weight is 604 g/mol. The Hall–Kier alpha value is -3.38. The summed E-state index contributed by atoms with van der Waals surface area (Å²) in [5, 5.41) is 17.1. The smallest absolute Gasteiger partial charge is 0.251 e. The Bertz CT molecular complexity index is 1420. The van der Waals surface area contributed by atoms with E-state index >= 15 is 0 Å². The van der Waals surface area contributed by atoms with E-state index in [0.717, 1.165) is 36.4 Å². The van der Waals surface area contributed by atoms with Gasteiger partial charge in [-0.1, -0.05) is 37.3 Å². The average Bonchev–Trinajstić information content (AvgIpc) is 2.94. The lowest BCUT2D eigenvalue weighted by molar-refractivity contribution is 0.0830. The van der Waals surface area contributed by atoms with Crippen molar-refractivity contribution >= 4 is 21.6 Å². The van der Waals surface area contributed by atoms with E-state index in [4.69, 9.17) is 4.74 Å². The highest BCUT2D eigenvalue weighted by molar-refractivity contribution is 7.92. The van der Waals surface area contributed by atoms with Crippen LogP contribution >= 0.6 is 0 Å². The molecular formula is C31H39F2N3O5S. The zero-order valence-electron chi connectivity index (χ0n) is 24.1. The van der Waals surface area contributed by atoms with Gasteiger partial charge in [0.05, 0.1) is 24.1 Å². The molecule has 0 saturated carbocycles. The molecule has 0 heterocycles. The van der Waals surface area contributed by atoms with Crippen molar-refractivity contribution in [2.75, 3.05) is 37.4 Å². The lowest BCUT2D eigenvalue weighted by Gasteiger charge is -2.26. The molecule has 0 aliphatic heterocycles. The molecule has 0 unspecified atom stereocenters. The van der Waals surface area contributed by atoms with E-state index in [1.165, 1.54) is 29.1 Å². The van der Waals surface area contributed by atoms with Gasteiger partial charge < -0.3 is 20.5 Å². The number of halogens is 2. The minimum absolute atomic E-state index is 0.0409. The minimum Gasteiger partial charge on any atom is -0.390 e. The zero-order valence-corrected chi connectivity index (χ0v) is 25.0. The molecule has 3 N–H and O–H groups in total. The number of nitrogens with one attached hydrogen (secondary N) is 2. The highest BCUT2D eigenvalue weighted by Crippen LogP contribution is 2.20. The van der Waals surface area contributed by atoms with Crippen LogP contribution in [0.5, 0.6) is 0 Å². The molecule has 42 heavy (non-hydrogen) atoms. The second kappa shape index (κ2) is 15.7. The topological polar surface area (TPSA) is 108 Å². The summed E-state index contributed by atoms with van der Waals surface area (Å²) in [6.07, 6.45) is 1.28. The first-order chi connectivity index (χ1) is 20.0. The van der Waals surface area contributed by atoms with E-state index < -0.39 is 39.7 Å². The van der Waals surface area contributed by atoms with Gasteiger partial charge in [-0.15, -0.1) is 0 Å². The Balaban J connectivity index is 1.79. The first kappa shape index (κ1) is 33.1. The van der Waals surface area contributed by atoms with Crippen molar-refractivity contribution in [1.82, 2.24) is 10.6 Å². The van der Waals surface area contributed by atoms with Crippen molar-refractivity contribution in [1.29, 1.82) is 0 Å². The molecule has 228 valence electrons. The van der Waals surface area contributed by atoms with Gasteiger partial charge in [0.1, 0.15) is 11.6 Å². The second-order valence-electron chi connectivity index (χ2n) is 10.2. The van der Waals surface area contributed by atoms with Crippen molar-refractivity contribution < 1.29 is 31.8 Å². The number of hydrogen-bond donors (Lipinski definition) is 3. The summed E-state index contributed by atoms with van der Waals surface area (Å²) in [7, 11) is -2.11. The van der Waals surface area contributed by atoms with E-state index in [2.05, 4.69) is 23.6 Å². The van der Waals surface area contributed by atoms with Crippen LogP contribution in [-0.2, 0) is 34.1 Å². The number of nitrogens with zero attached hydrogens (tertiary/aromatic N) is 1. The summed E-state index contributed by atoms with van der Waals surface area (Å²) >= 11 is 0. The molecule has 11 heteroatoms. The third-order valence-electron chi connectivity index (χ3n) is 6.75. The number of aryl methyl sites for hydroxylation is 1. The van der Waals surface area contributed by atoms with Crippen LogP contribution < -0.4 is 14.9 Å². The van der Waals surface area contributed by atoms with Gasteiger partial charge in [0.25, 0.3) is 5.91 Å².